The minimum atomic E-state index is -0.357. The number of fused-ring (bicyclic) bond motifs is 1. The standard InChI is InChI=1S/C27H34N2O5/c1-32-21-12-8-18(9-13-21)26(19-10-14-22(33-2)15-11-19)28-25(30)17-29-23-7-5-4-6-20(23)16-24(29)27(31)34-3/h8-15,20,23-24,26H,4-7,16-17H2,1-3H3,(H,28,30). The van der Waals surface area contributed by atoms with Crippen LogP contribution >= 0.6 is 0 Å². The van der Waals surface area contributed by atoms with Crippen molar-refractivity contribution >= 4 is 11.9 Å². The number of nitrogens with zero attached hydrogens (tertiary/aromatic N) is 1. The molecule has 1 aliphatic heterocycles. The number of nitrogens with one attached hydrogen (secondary N) is 1. The number of benzene rings is 2. The Morgan fingerprint density at radius 1 is 0.912 bits per heavy atom. The third kappa shape index (κ3) is 5.20. The molecule has 34 heavy (non-hydrogen) atoms. The van der Waals surface area contributed by atoms with Crippen LogP contribution in [0.2, 0.25) is 0 Å². The molecule has 1 aliphatic carbocycles. The lowest BCUT2D eigenvalue weighted by Gasteiger charge is -2.33. The maximum atomic E-state index is 13.4. The number of hydrogen-bond acceptors (Lipinski definition) is 6. The SMILES string of the molecule is COC(=O)C1CC2CCCCC2N1CC(=O)NC(c1ccc(OC)cc1)c1ccc(OC)cc1. The Labute approximate surface area is 201 Å². The van der Waals surface area contributed by atoms with Gasteiger partial charge in [0, 0.05) is 6.04 Å². The summed E-state index contributed by atoms with van der Waals surface area (Å²) in [5.74, 6) is 1.60. The van der Waals surface area contributed by atoms with Crippen LogP contribution in [0.4, 0.5) is 0 Å². The molecule has 3 unspecified atom stereocenters. The summed E-state index contributed by atoms with van der Waals surface area (Å²) in [5, 5.41) is 3.21. The third-order valence-electron chi connectivity index (χ3n) is 7.22. The van der Waals surface area contributed by atoms with Gasteiger partial charge in [-0.05, 0) is 60.6 Å². The molecular weight excluding hydrogens is 432 g/mol. The van der Waals surface area contributed by atoms with E-state index in [1.165, 1.54) is 13.5 Å². The van der Waals surface area contributed by atoms with Gasteiger partial charge in [-0.3, -0.25) is 14.5 Å². The van der Waals surface area contributed by atoms with Gasteiger partial charge in [-0.25, -0.2) is 0 Å². The van der Waals surface area contributed by atoms with Crippen LogP contribution in [0.3, 0.4) is 0 Å². The minimum absolute atomic E-state index is 0.114. The summed E-state index contributed by atoms with van der Waals surface area (Å²) in [4.78, 5) is 28.0. The number of carbonyl (C=O) groups is 2. The van der Waals surface area contributed by atoms with Crippen molar-refractivity contribution in [1.29, 1.82) is 0 Å². The van der Waals surface area contributed by atoms with Gasteiger partial charge in [0.1, 0.15) is 17.5 Å². The normalized spacial score (nSPS) is 22.2. The van der Waals surface area contributed by atoms with Crippen molar-refractivity contribution in [3.05, 3.63) is 59.7 Å². The molecule has 7 nitrogen and oxygen atoms in total. The van der Waals surface area contributed by atoms with E-state index in [1.54, 1.807) is 14.2 Å². The first-order valence-electron chi connectivity index (χ1n) is 11.9. The molecule has 2 aromatic rings. The predicted molar refractivity (Wildman–Crippen MR) is 129 cm³/mol. The zero-order chi connectivity index (χ0) is 24.1. The highest BCUT2D eigenvalue weighted by Crippen LogP contribution is 2.40. The van der Waals surface area contributed by atoms with E-state index >= 15 is 0 Å². The van der Waals surface area contributed by atoms with Gasteiger partial charge in [-0.2, -0.15) is 0 Å². The maximum absolute atomic E-state index is 13.4. The number of hydrogen-bond donors (Lipinski definition) is 1. The molecule has 2 fully saturated rings. The Morgan fingerprint density at radius 3 is 2.00 bits per heavy atom. The van der Waals surface area contributed by atoms with Crippen LogP contribution in [-0.2, 0) is 14.3 Å². The average molecular weight is 467 g/mol. The van der Waals surface area contributed by atoms with Gasteiger partial charge in [0.05, 0.1) is 33.9 Å². The van der Waals surface area contributed by atoms with Crippen LogP contribution in [0.1, 0.15) is 49.3 Å². The molecule has 7 heteroatoms. The fourth-order valence-corrected chi connectivity index (χ4v) is 5.47. The lowest BCUT2D eigenvalue weighted by Crippen LogP contribution is -2.48. The van der Waals surface area contributed by atoms with Crippen molar-refractivity contribution in [2.45, 2.75) is 50.2 Å². The van der Waals surface area contributed by atoms with Crippen molar-refractivity contribution in [2.24, 2.45) is 5.92 Å². The van der Waals surface area contributed by atoms with Gasteiger partial charge in [-0.15, -0.1) is 0 Å². The summed E-state index contributed by atoms with van der Waals surface area (Å²) in [6, 6.07) is 14.9. The largest absolute Gasteiger partial charge is 0.497 e. The highest BCUT2D eigenvalue weighted by molar-refractivity contribution is 5.81. The summed E-state index contributed by atoms with van der Waals surface area (Å²) < 4.78 is 15.7. The van der Waals surface area contributed by atoms with Gasteiger partial charge in [0.15, 0.2) is 0 Å². The molecule has 4 rings (SSSR count). The molecule has 3 atom stereocenters. The predicted octanol–water partition coefficient (Wildman–Crippen LogP) is 3.72. The van der Waals surface area contributed by atoms with E-state index in [0.29, 0.717) is 5.92 Å². The first-order chi connectivity index (χ1) is 16.5. The highest BCUT2D eigenvalue weighted by atomic mass is 16.5. The van der Waals surface area contributed by atoms with Crippen LogP contribution in [0.25, 0.3) is 0 Å². The van der Waals surface area contributed by atoms with Crippen molar-refractivity contribution in [2.75, 3.05) is 27.9 Å². The minimum Gasteiger partial charge on any atom is -0.497 e. The van der Waals surface area contributed by atoms with E-state index in [9.17, 15) is 9.59 Å². The molecule has 0 radical (unpaired) electrons. The Bertz CT molecular complexity index is 928. The van der Waals surface area contributed by atoms with Crippen LogP contribution in [0.15, 0.2) is 48.5 Å². The van der Waals surface area contributed by atoms with Gasteiger partial charge >= 0.3 is 5.97 Å². The van der Waals surface area contributed by atoms with Gasteiger partial charge < -0.3 is 19.5 Å². The molecule has 0 bridgehead atoms. The molecule has 1 saturated heterocycles. The van der Waals surface area contributed by atoms with Crippen molar-refractivity contribution in [3.63, 3.8) is 0 Å². The Hall–Kier alpha value is -3.06. The lowest BCUT2D eigenvalue weighted by atomic mass is 9.85. The quantitative estimate of drug-likeness (QED) is 0.598. The van der Waals surface area contributed by atoms with E-state index in [-0.39, 0.29) is 36.5 Å². The molecule has 1 saturated carbocycles. The molecule has 182 valence electrons. The Kier molecular flexibility index (Phi) is 7.73. The second-order valence-electron chi connectivity index (χ2n) is 9.11. The molecule has 2 aliphatic rings. The number of likely N-dealkylation sites (tertiary alicyclic amines) is 1. The summed E-state index contributed by atoms with van der Waals surface area (Å²) in [6.45, 7) is 0.170. The van der Waals surface area contributed by atoms with Gasteiger partial charge in [0.2, 0.25) is 5.91 Å². The fraction of sp³-hybridized carbons (Fsp3) is 0.481. The summed E-state index contributed by atoms with van der Waals surface area (Å²) in [7, 11) is 4.68. The number of methoxy groups -OCH3 is 3. The van der Waals surface area contributed by atoms with Crippen LogP contribution in [0, 0.1) is 5.92 Å². The van der Waals surface area contributed by atoms with Gasteiger partial charge in [-0.1, -0.05) is 37.1 Å². The van der Waals surface area contributed by atoms with Crippen molar-refractivity contribution in [3.8, 4) is 11.5 Å². The number of carbonyl (C=O) groups excluding carboxylic acids is 2. The van der Waals surface area contributed by atoms with Gasteiger partial charge in [0.25, 0.3) is 0 Å². The monoisotopic (exact) mass is 466 g/mol. The molecule has 1 heterocycles. The maximum Gasteiger partial charge on any atom is 0.323 e. The summed E-state index contributed by atoms with van der Waals surface area (Å²) in [5.41, 5.74) is 1.89. The van der Waals surface area contributed by atoms with Crippen LogP contribution < -0.4 is 14.8 Å². The highest BCUT2D eigenvalue weighted by Gasteiger charge is 2.46. The Balaban J connectivity index is 1.55. The van der Waals surface area contributed by atoms with E-state index in [0.717, 1.165) is 48.3 Å². The molecule has 1 N–H and O–H groups in total. The molecule has 0 aromatic heterocycles. The van der Waals surface area contributed by atoms with Crippen LogP contribution in [-0.4, -0.2) is 56.7 Å². The van der Waals surface area contributed by atoms with Crippen molar-refractivity contribution < 1.29 is 23.8 Å². The number of esters is 1. The molecular formula is C27H34N2O5. The number of rotatable bonds is 8. The topological polar surface area (TPSA) is 77.1 Å². The Morgan fingerprint density at radius 2 is 1.47 bits per heavy atom. The second kappa shape index (κ2) is 10.9. The fourth-order valence-electron chi connectivity index (χ4n) is 5.47. The first-order valence-corrected chi connectivity index (χ1v) is 11.9. The van der Waals surface area contributed by atoms with Crippen LogP contribution in [0.5, 0.6) is 11.5 Å². The van der Waals surface area contributed by atoms with E-state index in [1.807, 2.05) is 48.5 Å². The first kappa shape index (κ1) is 24.1. The summed E-state index contributed by atoms with van der Waals surface area (Å²) in [6.07, 6.45) is 5.22. The second-order valence-corrected chi connectivity index (χ2v) is 9.11. The molecule has 0 spiro atoms. The third-order valence-corrected chi connectivity index (χ3v) is 7.22. The zero-order valence-electron chi connectivity index (χ0n) is 20.2. The van der Waals surface area contributed by atoms with E-state index in [4.69, 9.17) is 14.2 Å². The molecule has 2 aromatic carbocycles. The zero-order valence-corrected chi connectivity index (χ0v) is 20.2. The average Bonchev–Trinajstić information content (AvgIpc) is 3.25. The number of amides is 1. The smallest absolute Gasteiger partial charge is 0.323 e. The van der Waals surface area contributed by atoms with Crippen molar-refractivity contribution in [1.82, 2.24) is 10.2 Å². The number of ether oxygens (including phenoxy) is 3. The van der Waals surface area contributed by atoms with E-state index < -0.39 is 0 Å². The lowest BCUT2D eigenvalue weighted by molar-refractivity contribution is -0.146. The summed E-state index contributed by atoms with van der Waals surface area (Å²) >= 11 is 0. The van der Waals surface area contributed by atoms with E-state index in [2.05, 4.69) is 10.2 Å². The molecule has 1 amide bonds.